The van der Waals surface area contributed by atoms with Gasteiger partial charge < -0.3 is 9.84 Å². The van der Waals surface area contributed by atoms with Crippen LogP contribution in [-0.4, -0.2) is 23.2 Å². The minimum atomic E-state index is 0.417. The second-order valence-corrected chi connectivity index (χ2v) is 5.57. The Morgan fingerprint density at radius 3 is 2.71 bits per heavy atom. The van der Waals surface area contributed by atoms with Gasteiger partial charge in [0.05, 0.1) is 5.92 Å². The highest BCUT2D eigenvalue weighted by molar-refractivity contribution is 5.04. The van der Waals surface area contributed by atoms with E-state index in [0.29, 0.717) is 17.8 Å². The molecule has 2 heterocycles. The predicted molar refractivity (Wildman–Crippen MR) is 64.9 cm³/mol. The molecule has 0 aromatic carbocycles. The van der Waals surface area contributed by atoms with Crippen molar-refractivity contribution in [3.63, 3.8) is 0 Å². The highest BCUT2D eigenvalue weighted by Gasteiger charge is 2.30. The molecule has 0 bridgehead atoms. The van der Waals surface area contributed by atoms with E-state index in [4.69, 9.17) is 4.52 Å². The average Bonchev–Trinajstić information content (AvgIpc) is 2.98. The van der Waals surface area contributed by atoms with Gasteiger partial charge in [0.2, 0.25) is 5.89 Å². The summed E-state index contributed by atoms with van der Waals surface area (Å²) in [5, 5.41) is 7.59. The van der Waals surface area contributed by atoms with E-state index in [0.717, 1.165) is 24.8 Å². The maximum atomic E-state index is 5.47. The van der Waals surface area contributed by atoms with Crippen LogP contribution in [0.25, 0.3) is 0 Å². The van der Waals surface area contributed by atoms with Crippen LogP contribution >= 0.6 is 0 Å². The van der Waals surface area contributed by atoms with Gasteiger partial charge in [-0.2, -0.15) is 4.98 Å². The maximum absolute atomic E-state index is 5.47. The molecule has 2 fully saturated rings. The molecular weight excluding hydrogens is 214 g/mol. The molecule has 4 heteroatoms. The van der Waals surface area contributed by atoms with E-state index in [9.17, 15) is 0 Å². The van der Waals surface area contributed by atoms with Crippen molar-refractivity contribution in [3.8, 4) is 0 Å². The topological polar surface area (TPSA) is 51.0 Å². The zero-order valence-electron chi connectivity index (χ0n) is 10.5. The van der Waals surface area contributed by atoms with Crippen molar-refractivity contribution in [3.05, 3.63) is 11.7 Å². The van der Waals surface area contributed by atoms with Crippen LogP contribution in [0.1, 0.15) is 62.6 Å². The number of rotatable bonds is 2. The van der Waals surface area contributed by atoms with Crippen LogP contribution in [0.5, 0.6) is 0 Å². The molecule has 3 rings (SSSR count). The standard InChI is InChI=1S/C13H21N3O/c1-9-7-14-8-11(9)13-15-12(16-17-13)10-5-3-2-4-6-10/h9-11,14H,2-8H2,1H3. The summed E-state index contributed by atoms with van der Waals surface area (Å²) >= 11 is 0. The molecule has 94 valence electrons. The fraction of sp³-hybridized carbons (Fsp3) is 0.846. The van der Waals surface area contributed by atoms with Crippen LogP contribution in [-0.2, 0) is 0 Å². The highest BCUT2D eigenvalue weighted by atomic mass is 16.5. The zero-order chi connectivity index (χ0) is 11.7. The third kappa shape index (κ3) is 2.23. The van der Waals surface area contributed by atoms with E-state index in [1.54, 1.807) is 0 Å². The van der Waals surface area contributed by atoms with Crippen LogP contribution in [0.4, 0.5) is 0 Å². The molecular formula is C13H21N3O. The molecule has 1 aromatic heterocycles. The van der Waals surface area contributed by atoms with E-state index >= 15 is 0 Å². The first-order valence-electron chi connectivity index (χ1n) is 6.89. The number of hydrogen-bond acceptors (Lipinski definition) is 4. The lowest BCUT2D eigenvalue weighted by Crippen LogP contribution is -2.09. The summed E-state index contributed by atoms with van der Waals surface area (Å²) in [6.45, 7) is 4.29. The van der Waals surface area contributed by atoms with Crippen molar-refractivity contribution in [1.82, 2.24) is 15.5 Å². The van der Waals surface area contributed by atoms with Crippen molar-refractivity contribution in [2.75, 3.05) is 13.1 Å². The Morgan fingerprint density at radius 2 is 2.00 bits per heavy atom. The van der Waals surface area contributed by atoms with Gasteiger partial charge in [-0.15, -0.1) is 0 Å². The molecule has 1 saturated heterocycles. The van der Waals surface area contributed by atoms with E-state index in [1.165, 1.54) is 32.1 Å². The molecule has 2 aliphatic rings. The van der Waals surface area contributed by atoms with Crippen molar-refractivity contribution in [2.45, 2.75) is 50.9 Å². The third-order valence-corrected chi connectivity index (χ3v) is 4.26. The van der Waals surface area contributed by atoms with Gasteiger partial charge in [0.25, 0.3) is 0 Å². The highest BCUT2D eigenvalue weighted by Crippen LogP contribution is 2.33. The second kappa shape index (κ2) is 4.77. The molecule has 1 saturated carbocycles. The van der Waals surface area contributed by atoms with Crippen LogP contribution in [0.3, 0.4) is 0 Å². The van der Waals surface area contributed by atoms with Crippen molar-refractivity contribution >= 4 is 0 Å². The van der Waals surface area contributed by atoms with Crippen molar-refractivity contribution < 1.29 is 4.52 Å². The van der Waals surface area contributed by atoms with Crippen molar-refractivity contribution in [2.24, 2.45) is 5.92 Å². The summed E-state index contributed by atoms with van der Waals surface area (Å²) in [6, 6.07) is 0. The van der Waals surface area contributed by atoms with E-state index < -0.39 is 0 Å². The van der Waals surface area contributed by atoms with E-state index in [2.05, 4.69) is 22.4 Å². The van der Waals surface area contributed by atoms with Crippen molar-refractivity contribution in [1.29, 1.82) is 0 Å². The summed E-state index contributed by atoms with van der Waals surface area (Å²) in [6.07, 6.45) is 6.46. The van der Waals surface area contributed by atoms with Gasteiger partial charge in [-0.25, -0.2) is 0 Å². The first kappa shape index (κ1) is 11.2. The fourth-order valence-electron chi connectivity index (χ4n) is 3.07. The lowest BCUT2D eigenvalue weighted by molar-refractivity contribution is 0.330. The van der Waals surface area contributed by atoms with E-state index in [1.807, 2.05) is 0 Å². The molecule has 2 unspecified atom stereocenters. The van der Waals surface area contributed by atoms with Crippen LogP contribution in [0.15, 0.2) is 4.52 Å². The first-order chi connectivity index (χ1) is 8.34. The number of hydrogen-bond donors (Lipinski definition) is 1. The Hall–Kier alpha value is -0.900. The molecule has 17 heavy (non-hydrogen) atoms. The third-order valence-electron chi connectivity index (χ3n) is 4.26. The number of aromatic nitrogens is 2. The monoisotopic (exact) mass is 235 g/mol. The summed E-state index contributed by atoms with van der Waals surface area (Å²) in [5.41, 5.74) is 0. The Morgan fingerprint density at radius 1 is 1.18 bits per heavy atom. The molecule has 0 radical (unpaired) electrons. The average molecular weight is 235 g/mol. The Balaban J connectivity index is 1.73. The Kier molecular flexibility index (Phi) is 3.14. The SMILES string of the molecule is CC1CNCC1c1nc(C2CCCCC2)no1. The van der Waals surface area contributed by atoms with Gasteiger partial charge in [-0.3, -0.25) is 0 Å². The molecule has 1 N–H and O–H groups in total. The number of nitrogens with one attached hydrogen (secondary N) is 1. The first-order valence-corrected chi connectivity index (χ1v) is 6.89. The minimum Gasteiger partial charge on any atom is -0.339 e. The quantitative estimate of drug-likeness (QED) is 0.855. The lowest BCUT2D eigenvalue weighted by atomic mass is 9.89. The fourth-order valence-corrected chi connectivity index (χ4v) is 3.07. The minimum absolute atomic E-state index is 0.417. The van der Waals surface area contributed by atoms with Gasteiger partial charge in [0.15, 0.2) is 5.82 Å². The zero-order valence-corrected chi connectivity index (χ0v) is 10.5. The molecule has 2 atom stereocenters. The van der Waals surface area contributed by atoms with Crippen LogP contribution in [0, 0.1) is 5.92 Å². The Bertz CT molecular complexity index is 370. The molecule has 0 spiro atoms. The van der Waals surface area contributed by atoms with Gasteiger partial charge in [-0.1, -0.05) is 31.3 Å². The van der Waals surface area contributed by atoms with Gasteiger partial charge >= 0.3 is 0 Å². The predicted octanol–water partition coefficient (Wildman–Crippen LogP) is 2.44. The summed E-state index contributed by atoms with van der Waals surface area (Å²) in [7, 11) is 0. The normalized spacial score (nSPS) is 30.9. The largest absolute Gasteiger partial charge is 0.339 e. The summed E-state index contributed by atoms with van der Waals surface area (Å²) in [4.78, 5) is 4.65. The maximum Gasteiger partial charge on any atom is 0.231 e. The van der Waals surface area contributed by atoms with E-state index in [-0.39, 0.29) is 0 Å². The second-order valence-electron chi connectivity index (χ2n) is 5.57. The van der Waals surface area contributed by atoms with Crippen LogP contribution in [0.2, 0.25) is 0 Å². The molecule has 4 nitrogen and oxygen atoms in total. The molecule has 0 amide bonds. The Labute approximate surface area is 102 Å². The van der Waals surface area contributed by atoms with Gasteiger partial charge in [-0.05, 0) is 25.3 Å². The smallest absolute Gasteiger partial charge is 0.231 e. The molecule has 1 aromatic rings. The molecule has 1 aliphatic carbocycles. The lowest BCUT2D eigenvalue weighted by Gasteiger charge is -2.17. The summed E-state index contributed by atoms with van der Waals surface area (Å²) in [5.74, 6) is 3.38. The molecule has 1 aliphatic heterocycles. The van der Waals surface area contributed by atoms with Crippen LogP contribution < -0.4 is 5.32 Å². The number of nitrogens with zero attached hydrogens (tertiary/aromatic N) is 2. The van der Waals surface area contributed by atoms with Gasteiger partial charge in [0.1, 0.15) is 0 Å². The van der Waals surface area contributed by atoms with Gasteiger partial charge in [0, 0.05) is 12.5 Å². The summed E-state index contributed by atoms with van der Waals surface area (Å²) < 4.78 is 5.47.